The van der Waals surface area contributed by atoms with E-state index in [2.05, 4.69) is 45.6 Å². The number of hydrogen-bond donors (Lipinski definition) is 1. The Balaban J connectivity index is 1.49. The first-order valence-electron chi connectivity index (χ1n) is 11.4. The number of hydrogen-bond acceptors (Lipinski definition) is 7. The fourth-order valence-electron chi connectivity index (χ4n) is 4.93. The molecule has 1 N–H and O–H groups in total. The van der Waals surface area contributed by atoms with Gasteiger partial charge in [0.05, 0.1) is 36.7 Å². The van der Waals surface area contributed by atoms with E-state index >= 15 is 0 Å². The molecule has 1 aromatic carbocycles. The van der Waals surface area contributed by atoms with Crippen LogP contribution in [-0.2, 0) is 17.8 Å². The lowest BCUT2D eigenvalue weighted by Crippen LogP contribution is -2.49. The van der Waals surface area contributed by atoms with Gasteiger partial charge in [0.15, 0.2) is 0 Å². The number of carbonyl (C=O) groups is 1. The molecule has 172 valence electrons. The van der Waals surface area contributed by atoms with Gasteiger partial charge in [-0.2, -0.15) is 15.1 Å². The smallest absolute Gasteiger partial charge is 0.318 e. The molecule has 1 amide bonds. The van der Waals surface area contributed by atoms with Gasteiger partial charge in [0.2, 0.25) is 5.91 Å². The van der Waals surface area contributed by atoms with Gasteiger partial charge in [0.1, 0.15) is 5.82 Å². The lowest BCUT2D eigenvalue weighted by Gasteiger charge is -2.36. The highest BCUT2D eigenvalue weighted by Crippen LogP contribution is 2.35. The second-order valence-corrected chi connectivity index (χ2v) is 8.56. The van der Waals surface area contributed by atoms with Crippen LogP contribution in [0.5, 0.6) is 6.01 Å². The predicted molar refractivity (Wildman–Crippen MR) is 128 cm³/mol. The SMILES string of the molecule is C=CC(=O)N1CCN(c2nc(OC)nc3c2CCCN(c2c(C)ccc4[nH]ncc24)C3)CC1. The molecule has 0 radical (unpaired) electrons. The summed E-state index contributed by atoms with van der Waals surface area (Å²) in [6, 6.07) is 4.60. The number of benzene rings is 1. The van der Waals surface area contributed by atoms with Gasteiger partial charge in [0, 0.05) is 43.7 Å². The Morgan fingerprint density at radius 3 is 2.73 bits per heavy atom. The summed E-state index contributed by atoms with van der Waals surface area (Å²) in [7, 11) is 1.61. The van der Waals surface area contributed by atoms with Crippen molar-refractivity contribution in [1.29, 1.82) is 0 Å². The maximum atomic E-state index is 12.0. The van der Waals surface area contributed by atoms with Crippen LogP contribution in [0.15, 0.2) is 31.0 Å². The lowest BCUT2D eigenvalue weighted by atomic mass is 10.1. The second kappa shape index (κ2) is 8.73. The molecule has 2 aromatic heterocycles. The molecule has 33 heavy (non-hydrogen) atoms. The zero-order chi connectivity index (χ0) is 22.9. The predicted octanol–water partition coefficient (Wildman–Crippen LogP) is 2.46. The van der Waals surface area contributed by atoms with Gasteiger partial charge in [-0.25, -0.2) is 0 Å². The molecule has 4 heterocycles. The fourth-order valence-corrected chi connectivity index (χ4v) is 4.93. The van der Waals surface area contributed by atoms with Crippen molar-refractivity contribution in [3.63, 3.8) is 0 Å². The van der Waals surface area contributed by atoms with Gasteiger partial charge in [-0.15, -0.1) is 0 Å². The van der Waals surface area contributed by atoms with Crippen LogP contribution in [0.3, 0.4) is 0 Å². The molecule has 0 unspecified atom stereocenters. The van der Waals surface area contributed by atoms with Gasteiger partial charge in [-0.3, -0.25) is 9.89 Å². The molecule has 2 aliphatic heterocycles. The average Bonchev–Trinajstić information content (AvgIpc) is 3.22. The van der Waals surface area contributed by atoms with Gasteiger partial charge < -0.3 is 19.4 Å². The molecule has 5 rings (SSSR count). The second-order valence-electron chi connectivity index (χ2n) is 8.56. The highest BCUT2D eigenvalue weighted by Gasteiger charge is 2.28. The number of nitrogens with zero attached hydrogens (tertiary/aromatic N) is 6. The van der Waals surface area contributed by atoms with E-state index in [9.17, 15) is 4.79 Å². The first kappa shape index (κ1) is 21.2. The van der Waals surface area contributed by atoms with Crippen LogP contribution in [-0.4, -0.2) is 70.8 Å². The summed E-state index contributed by atoms with van der Waals surface area (Å²) in [5.41, 5.74) is 5.63. The molecule has 2 aliphatic rings. The number of carbonyl (C=O) groups excluding carboxylic acids is 1. The summed E-state index contributed by atoms with van der Waals surface area (Å²) in [5, 5.41) is 8.47. The molecule has 1 saturated heterocycles. The summed E-state index contributed by atoms with van der Waals surface area (Å²) in [5.74, 6) is 0.913. The number of aromatic amines is 1. The summed E-state index contributed by atoms with van der Waals surface area (Å²) >= 11 is 0. The van der Waals surface area contributed by atoms with E-state index in [1.165, 1.54) is 22.9 Å². The third-order valence-electron chi connectivity index (χ3n) is 6.61. The first-order valence-corrected chi connectivity index (χ1v) is 11.4. The van der Waals surface area contributed by atoms with Crippen molar-refractivity contribution in [2.45, 2.75) is 26.3 Å². The molecular weight excluding hydrogens is 418 g/mol. The Morgan fingerprint density at radius 1 is 1.15 bits per heavy atom. The van der Waals surface area contributed by atoms with Crippen molar-refractivity contribution in [3.8, 4) is 6.01 Å². The number of aromatic nitrogens is 4. The number of anilines is 2. The van der Waals surface area contributed by atoms with E-state index in [-0.39, 0.29) is 5.91 Å². The molecule has 3 aromatic rings. The van der Waals surface area contributed by atoms with Gasteiger partial charge in [0.25, 0.3) is 0 Å². The monoisotopic (exact) mass is 447 g/mol. The van der Waals surface area contributed by atoms with Crippen LogP contribution in [0.2, 0.25) is 0 Å². The normalized spacial score (nSPS) is 16.5. The average molecular weight is 448 g/mol. The molecule has 0 spiro atoms. The van der Waals surface area contributed by atoms with Crippen LogP contribution >= 0.6 is 0 Å². The number of amides is 1. The maximum absolute atomic E-state index is 12.0. The number of fused-ring (bicyclic) bond motifs is 2. The van der Waals surface area contributed by atoms with Gasteiger partial charge in [-0.05, 0) is 37.5 Å². The molecule has 9 heteroatoms. The Kier molecular flexibility index (Phi) is 5.62. The van der Waals surface area contributed by atoms with E-state index in [0.717, 1.165) is 54.9 Å². The quantitative estimate of drug-likeness (QED) is 0.615. The number of rotatable bonds is 4. The van der Waals surface area contributed by atoms with E-state index in [4.69, 9.17) is 14.7 Å². The molecule has 1 fully saturated rings. The minimum absolute atomic E-state index is 0.0202. The van der Waals surface area contributed by atoms with Crippen molar-refractivity contribution < 1.29 is 9.53 Å². The molecule has 0 atom stereocenters. The first-order chi connectivity index (χ1) is 16.1. The van der Waals surface area contributed by atoms with Crippen molar-refractivity contribution in [2.24, 2.45) is 0 Å². The highest BCUT2D eigenvalue weighted by molar-refractivity contribution is 5.93. The molecule has 0 saturated carbocycles. The minimum Gasteiger partial charge on any atom is -0.467 e. The van der Waals surface area contributed by atoms with Crippen LogP contribution in [0.1, 0.15) is 23.2 Å². The summed E-state index contributed by atoms with van der Waals surface area (Å²) < 4.78 is 5.49. The van der Waals surface area contributed by atoms with E-state index in [1.54, 1.807) is 7.11 Å². The van der Waals surface area contributed by atoms with Crippen LogP contribution in [0.4, 0.5) is 11.5 Å². The summed E-state index contributed by atoms with van der Waals surface area (Å²) in [6.07, 6.45) is 5.18. The maximum Gasteiger partial charge on any atom is 0.318 e. The molecule has 0 aliphatic carbocycles. The van der Waals surface area contributed by atoms with Crippen LogP contribution in [0, 0.1) is 6.92 Å². The molecular formula is C24H29N7O2. The number of methoxy groups -OCH3 is 1. The highest BCUT2D eigenvalue weighted by atomic mass is 16.5. The number of piperazine rings is 1. The molecule has 0 bridgehead atoms. The summed E-state index contributed by atoms with van der Waals surface area (Å²) in [4.78, 5) is 28.0. The van der Waals surface area contributed by atoms with E-state index in [0.29, 0.717) is 25.6 Å². The number of nitrogens with one attached hydrogen (secondary N) is 1. The van der Waals surface area contributed by atoms with E-state index in [1.807, 2.05) is 11.1 Å². The Labute approximate surface area is 193 Å². The van der Waals surface area contributed by atoms with Crippen molar-refractivity contribution in [2.75, 3.05) is 49.6 Å². The number of H-pyrrole nitrogens is 1. The van der Waals surface area contributed by atoms with Crippen molar-refractivity contribution in [3.05, 3.63) is 47.8 Å². The van der Waals surface area contributed by atoms with Crippen molar-refractivity contribution >= 4 is 28.3 Å². The number of aryl methyl sites for hydroxylation is 1. The van der Waals surface area contributed by atoms with Crippen LogP contribution < -0.4 is 14.5 Å². The third kappa shape index (κ3) is 3.88. The van der Waals surface area contributed by atoms with Crippen LogP contribution in [0.25, 0.3) is 10.9 Å². The zero-order valence-electron chi connectivity index (χ0n) is 19.2. The Morgan fingerprint density at radius 2 is 1.97 bits per heavy atom. The zero-order valence-corrected chi connectivity index (χ0v) is 19.2. The molecule has 9 nitrogen and oxygen atoms in total. The largest absolute Gasteiger partial charge is 0.467 e. The fraction of sp³-hybridized carbons (Fsp3) is 0.417. The topological polar surface area (TPSA) is 90.5 Å². The third-order valence-corrected chi connectivity index (χ3v) is 6.61. The van der Waals surface area contributed by atoms with E-state index < -0.39 is 0 Å². The Bertz CT molecular complexity index is 1200. The van der Waals surface area contributed by atoms with Gasteiger partial charge in [-0.1, -0.05) is 12.6 Å². The lowest BCUT2D eigenvalue weighted by molar-refractivity contribution is -0.126. The van der Waals surface area contributed by atoms with Crippen molar-refractivity contribution in [1.82, 2.24) is 25.1 Å². The number of ether oxygens (including phenoxy) is 1. The summed E-state index contributed by atoms with van der Waals surface area (Å²) in [6.45, 7) is 10.1. The van der Waals surface area contributed by atoms with Gasteiger partial charge >= 0.3 is 6.01 Å². The minimum atomic E-state index is -0.0202. The standard InChI is InChI=1S/C24H29N7O2/c1-4-21(32)29-10-12-30(13-11-29)23-17-6-5-9-31(15-20(17)26-24(27-23)33-3)22-16(2)7-8-19-18(22)14-25-28-19/h4,7-8,14H,1,5-6,9-13,15H2,2-3H3,(H,25,28). The Hall–Kier alpha value is -3.62.